The van der Waals surface area contributed by atoms with Crippen LogP contribution >= 0.6 is 0 Å². The summed E-state index contributed by atoms with van der Waals surface area (Å²) in [6.45, 7) is 0. The second-order valence-corrected chi connectivity index (χ2v) is 5.55. The highest BCUT2D eigenvalue weighted by atomic mass is 16.1. The minimum Gasteiger partial charge on any atom is -0.397 e. The molecule has 1 aliphatic heterocycles. The normalized spacial score (nSPS) is 12.6. The highest BCUT2D eigenvalue weighted by Gasteiger charge is 2.20. The van der Waals surface area contributed by atoms with Crippen LogP contribution in [0.1, 0.15) is 5.56 Å². The maximum absolute atomic E-state index is 12.0. The van der Waals surface area contributed by atoms with Crippen molar-refractivity contribution in [2.24, 2.45) is 0 Å². The molecule has 118 valence electrons. The number of nitrogens with one attached hydrogen (secondary N) is 2. The van der Waals surface area contributed by atoms with Gasteiger partial charge in [0.2, 0.25) is 11.9 Å². The first-order chi connectivity index (χ1) is 11.7. The molecule has 1 aromatic heterocycles. The molecular weight excluding hydrogens is 302 g/mol. The number of aromatic nitrogens is 2. The van der Waals surface area contributed by atoms with E-state index < -0.39 is 0 Å². The number of nitrogens with two attached hydrogens (primary N) is 1. The van der Waals surface area contributed by atoms with E-state index in [1.54, 1.807) is 6.20 Å². The summed E-state index contributed by atoms with van der Waals surface area (Å²) in [5.74, 6) is 0.369. The zero-order chi connectivity index (χ0) is 16.5. The monoisotopic (exact) mass is 317 g/mol. The number of rotatable bonds is 2. The Balaban J connectivity index is 1.79. The Hall–Kier alpha value is -3.41. The average molecular weight is 317 g/mol. The van der Waals surface area contributed by atoms with Crippen molar-refractivity contribution in [2.75, 3.05) is 16.4 Å². The molecule has 0 unspecified atom stereocenters. The quantitative estimate of drug-likeness (QED) is 0.632. The molecule has 6 heteroatoms. The number of carbonyl (C=O) groups excluding carboxylic acids is 1. The smallest absolute Gasteiger partial charge is 0.228 e. The first-order valence-electron chi connectivity index (χ1n) is 7.57. The molecule has 1 aliphatic rings. The molecule has 4 rings (SSSR count). The van der Waals surface area contributed by atoms with Gasteiger partial charge in [-0.3, -0.25) is 4.79 Å². The molecule has 0 fully saturated rings. The van der Waals surface area contributed by atoms with E-state index in [-0.39, 0.29) is 12.3 Å². The van der Waals surface area contributed by atoms with E-state index in [4.69, 9.17) is 5.73 Å². The van der Waals surface area contributed by atoms with Crippen molar-refractivity contribution in [1.29, 1.82) is 0 Å². The number of fused-ring (bicyclic) bond motifs is 3. The maximum Gasteiger partial charge on any atom is 0.228 e. The van der Waals surface area contributed by atoms with Crippen LogP contribution in [-0.2, 0) is 11.2 Å². The van der Waals surface area contributed by atoms with Crippen molar-refractivity contribution in [3.63, 3.8) is 0 Å². The summed E-state index contributed by atoms with van der Waals surface area (Å²) >= 11 is 0. The van der Waals surface area contributed by atoms with Gasteiger partial charge in [-0.2, -0.15) is 0 Å². The predicted octanol–water partition coefficient (Wildman–Crippen LogP) is 2.96. The number of carbonyl (C=O) groups is 1. The molecule has 1 amide bonds. The molecule has 0 bridgehead atoms. The fourth-order valence-electron chi connectivity index (χ4n) is 2.73. The van der Waals surface area contributed by atoms with Gasteiger partial charge in [0.25, 0.3) is 0 Å². The van der Waals surface area contributed by atoms with Gasteiger partial charge in [-0.05, 0) is 18.2 Å². The number of nitrogen functional groups attached to an aromatic ring is 1. The Morgan fingerprint density at radius 1 is 1.08 bits per heavy atom. The number of amides is 1. The minimum atomic E-state index is -0.0715. The molecule has 0 spiro atoms. The van der Waals surface area contributed by atoms with Crippen LogP contribution in [0.2, 0.25) is 0 Å². The van der Waals surface area contributed by atoms with E-state index >= 15 is 0 Å². The van der Waals surface area contributed by atoms with Crippen molar-refractivity contribution in [3.8, 4) is 11.3 Å². The number of benzene rings is 2. The van der Waals surface area contributed by atoms with Gasteiger partial charge in [-0.25, -0.2) is 9.97 Å². The van der Waals surface area contributed by atoms with E-state index in [2.05, 4.69) is 20.6 Å². The Labute approximate surface area is 138 Å². The van der Waals surface area contributed by atoms with Crippen LogP contribution in [0.15, 0.2) is 54.7 Å². The summed E-state index contributed by atoms with van der Waals surface area (Å²) in [6, 6.07) is 15.0. The van der Waals surface area contributed by atoms with Gasteiger partial charge in [-0.1, -0.05) is 30.3 Å². The summed E-state index contributed by atoms with van der Waals surface area (Å²) < 4.78 is 0. The van der Waals surface area contributed by atoms with Crippen LogP contribution in [0, 0.1) is 0 Å². The third kappa shape index (κ3) is 2.54. The van der Waals surface area contributed by atoms with E-state index in [1.165, 1.54) is 0 Å². The Morgan fingerprint density at radius 3 is 2.75 bits per heavy atom. The Bertz CT molecular complexity index is 938. The molecule has 0 atom stereocenters. The highest BCUT2D eigenvalue weighted by molar-refractivity contribution is 5.99. The summed E-state index contributed by atoms with van der Waals surface area (Å²) in [4.78, 5) is 21.0. The second-order valence-electron chi connectivity index (χ2n) is 5.55. The maximum atomic E-state index is 12.0. The molecule has 2 heterocycles. The van der Waals surface area contributed by atoms with E-state index in [0.29, 0.717) is 11.6 Å². The average Bonchev–Trinajstić information content (AvgIpc) is 2.72. The zero-order valence-corrected chi connectivity index (χ0v) is 12.8. The van der Waals surface area contributed by atoms with E-state index in [1.807, 2.05) is 48.5 Å². The Morgan fingerprint density at radius 2 is 1.88 bits per heavy atom. The number of hydrogen-bond donors (Lipinski definition) is 3. The largest absolute Gasteiger partial charge is 0.397 e. The van der Waals surface area contributed by atoms with E-state index in [9.17, 15) is 4.79 Å². The van der Waals surface area contributed by atoms with Crippen molar-refractivity contribution in [1.82, 2.24) is 9.97 Å². The molecule has 3 aromatic rings. The molecular formula is C18H15N5O. The lowest BCUT2D eigenvalue weighted by Gasteiger charge is -2.11. The van der Waals surface area contributed by atoms with Gasteiger partial charge in [0.15, 0.2) is 0 Å². The van der Waals surface area contributed by atoms with Gasteiger partial charge in [0, 0.05) is 17.3 Å². The third-order valence-corrected chi connectivity index (χ3v) is 3.88. The van der Waals surface area contributed by atoms with Gasteiger partial charge in [0.1, 0.15) is 0 Å². The van der Waals surface area contributed by atoms with Crippen molar-refractivity contribution in [3.05, 3.63) is 60.3 Å². The summed E-state index contributed by atoms with van der Waals surface area (Å²) in [5, 5.41) is 6.03. The molecule has 6 nitrogen and oxygen atoms in total. The lowest BCUT2D eigenvalue weighted by Crippen LogP contribution is -2.12. The fourth-order valence-corrected chi connectivity index (χ4v) is 2.73. The third-order valence-electron chi connectivity index (χ3n) is 3.88. The summed E-state index contributed by atoms with van der Waals surface area (Å²) in [7, 11) is 0. The second kappa shape index (κ2) is 5.66. The standard InChI is InChI=1S/C18H15N5O/c19-13-6-2-4-8-15(13)22-18-20-10-11-9-16(24)21-14-7-3-1-5-12(14)17(11)23-18/h1-8,10H,9,19H2,(H,21,24)(H,20,22,23). The van der Waals surface area contributed by atoms with Crippen LogP contribution in [0.4, 0.5) is 23.0 Å². The van der Waals surface area contributed by atoms with Crippen LogP contribution in [-0.4, -0.2) is 15.9 Å². The van der Waals surface area contributed by atoms with Crippen LogP contribution in [0.25, 0.3) is 11.3 Å². The number of anilines is 4. The van der Waals surface area contributed by atoms with Gasteiger partial charge in [0.05, 0.1) is 29.2 Å². The van der Waals surface area contributed by atoms with Gasteiger partial charge >= 0.3 is 0 Å². The van der Waals surface area contributed by atoms with Crippen LogP contribution in [0.5, 0.6) is 0 Å². The lowest BCUT2D eigenvalue weighted by atomic mass is 10.1. The molecule has 0 saturated heterocycles. The van der Waals surface area contributed by atoms with Crippen molar-refractivity contribution >= 4 is 28.9 Å². The van der Waals surface area contributed by atoms with E-state index in [0.717, 1.165) is 28.2 Å². The van der Waals surface area contributed by atoms with Gasteiger partial charge in [-0.15, -0.1) is 0 Å². The molecule has 4 N–H and O–H groups in total. The molecule has 0 saturated carbocycles. The van der Waals surface area contributed by atoms with Crippen molar-refractivity contribution < 1.29 is 4.79 Å². The Kier molecular flexibility index (Phi) is 3.35. The molecule has 0 radical (unpaired) electrons. The minimum absolute atomic E-state index is 0.0715. The topological polar surface area (TPSA) is 92.9 Å². The molecule has 2 aromatic carbocycles. The fraction of sp³-hybridized carbons (Fsp3) is 0.0556. The van der Waals surface area contributed by atoms with Crippen LogP contribution < -0.4 is 16.4 Å². The zero-order valence-electron chi connectivity index (χ0n) is 12.8. The first-order valence-corrected chi connectivity index (χ1v) is 7.57. The van der Waals surface area contributed by atoms with Crippen LogP contribution in [0.3, 0.4) is 0 Å². The highest BCUT2D eigenvalue weighted by Crippen LogP contribution is 2.33. The number of hydrogen-bond acceptors (Lipinski definition) is 5. The SMILES string of the molecule is Nc1ccccc1Nc1ncc2c(n1)-c1ccccc1NC(=O)C2. The predicted molar refractivity (Wildman–Crippen MR) is 93.9 cm³/mol. The van der Waals surface area contributed by atoms with Crippen molar-refractivity contribution in [2.45, 2.75) is 6.42 Å². The molecule has 24 heavy (non-hydrogen) atoms. The number of nitrogens with zero attached hydrogens (tertiary/aromatic N) is 2. The number of para-hydroxylation sites is 3. The first kappa shape index (κ1) is 14.2. The summed E-state index contributed by atoms with van der Waals surface area (Å²) in [6.07, 6.45) is 1.93. The van der Waals surface area contributed by atoms with Gasteiger partial charge < -0.3 is 16.4 Å². The lowest BCUT2D eigenvalue weighted by molar-refractivity contribution is -0.115. The summed E-state index contributed by atoms with van der Waals surface area (Å²) in [5.41, 5.74) is 10.5. The molecule has 0 aliphatic carbocycles.